The summed E-state index contributed by atoms with van der Waals surface area (Å²) in [7, 11) is 3.27. The van der Waals surface area contributed by atoms with Crippen LogP contribution in [0.4, 0.5) is 5.69 Å². The van der Waals surface area contributed by atoms with Crippen molar-refractivity contribution in [2.24, 2.45) is 0 Å². The van der Waals surface area contributed by atoms with Crippen molar-refractivity contribution in [2.75, 3.05) is 26.1 Å². The molecule has 0 saturated heterocycles. The van der Waals surface area contributed by atoms with Gasteiger partial charge in [0.25, 0.3) is 0 Å². The van der Waals surface area contributed by atoms with Crippen molar-refractivity contribution in [2.45, 2.75) is 19.4 Å². The number of carbonyl (C=O) groups is 1. The van der Waals surface area contributed by atoms with Gasteiger partial charge < -0.3 is 20.1 Å². The van der Waals surface area contributed by atoms with Gasteiger partial charge in [0.1, 0.15) is 17.5 Å². The third-order valence-electron chi connectivity index (χ3n) is 4.94. The Labute approximate surface area is 178 Å². The summed E-state index contributed by atoms with van der Waals surface area (Å²) in [6.45, 7) is 2.60. The first-order chi connectivity index (χ1) is 14.6. The molecule has 3 aromatic carbocycles. The fourth-order valence-electron chi connectivity index (χ4n) is 3.39. The Morgan fingerprint density at radius 1 is 0.900 bits per heavy atom. The SMILES string of the molecule is COc1ccccc1CCN[C@H](C(=O)Nc1cc(C)ccc1OC)c1ccccc1. The predicted octanol–water partition coefficient (Wildman–Crippen LogP) is 4.52. The Kier molecular flexibility index (Phi) is 7.46. The number of aryl methyl sites for hydroxylation is 1. The molecule has 3 aromatic rings. The first kappa shape index (κ1) is 21.4. The van der Waals surface area contributed by atoms with E-state index in [9.17, 15) is 4.79 Å². The van der Waals surface area contributed by atoms with E-state index in [1.807, 2.05) is 79.7 Å². The van der Waals surface area contributed by atoms with Crippen LogP contribution >= 0.6 is 0 Å². The minimum absolute atomic E-state index is 0.134. The summed E-state index contributed by atoms with van der Waals surface area (Å²) in [5, 5.41) is 6.42. The van der Waals surface area contributed by atoms with Crippen LogP contribution in [0, 0.1) is 6.92 Å². The third-order valence-corrected chi connectivity index (χ3v) is 4.94. The molecule has 0 saturated carbocycles. The number of benzene rings is 3. The maximum absolute atomic E-state index is 13.2. The molecule has 0 unspecified atom stereocenters. The number of carbonyl (C=O) groups excluding carboxylic acids is 1. The van der Waals surface area contributed by atoms with E-state index >= 15 is 0 Å². The van der Waals surface area contributed by atoms with Gasteiger partial charge in [-0.05, 0) is 48.2 Å². The summed E-state index contributed by atoms with van der Waals surface area (Å²) in [5.41, 5.74) is 3.71. The van der Waals surface area contributed by atoms with Crippen LogP contribution in [0.1, 0.15) is 22.7 Å². The Bertz CT molecular complexity index is 973. The smallest absolute Gasteiger partial charge is 0.246 e. The number of hydrogen-bond acceptors (Lipinski definition) is 4. The standard InChI is InChI=1S/C25H28N2O3/c1-18-13-14-23(30-3)21(17-18)27-25(28)24(20-10-5-4-6-11-20)26-16-15-19-9-7-8-12-22(19)29-2/h4-14,17,24,26H,15-16H2,1-3H3,(H,27,28)/t24-/m0/s1. The molecule has 1 atom stereocenters. The number of para-hydroxylation sites is 1. The van der Waals surface area contributed by atoms with Crippen LogP contribution in [0.25, 0.3) is 0 Å². The molecule has 2 N–H and O–H groups in total. The monoisotopic (exact) mass is 404 g/mol. The van der Waals surface area contributed by atoms with Crippen LogP contribution in [0.3, 0.4) is 0 Å². The molecule has 0 bridgehead atoms. The molecule has 5 nitrogen and oxygen atoms in total. The zero-order valence-corrected chi connectivity index (χ0v) is 17.6. The lowest BCUT2D eigenvalue weighted by Crippen LogP contribution is -2.34. The van der Waals surface area contributed by atoms with Crippen LogP contribution in [0.2, 0.25) is 0 Å². The Balaban J connectivity index is 1.76. The van der Waals surface area contributed by atoms with Crippen molar-refractivity contribution in [3.05, 3.63) is 89.5 Å². The second-order valence-corrected chi connectivity index (χ2v) is 7.05. The summed E-state index contributed by atoms with van der Waals surface area (Å²) >= 11 is 0. The quantitative estimate of drug-likeness (QED) is 0.550. The average Bonchev–Trinajstić information content (AvgIpc) is 2.77. The summed E-state index contributed by atoms with van der Waals surface area (Å²) in [6.07, 6.45) is 0.744. The highest BCUT2D eigenvalue weighted by atomic mass is 16.5. The molecule has 156 valence electrons. The van der Waals surface area contributed by atoms with Gasteiger partial charge >= 0.3 is 0 Å². The molecule has 0 aliphatic carbocycles. The number of rotatable bonds is 9. The number of nitrogens with one attached hydrogen (secondary N) is 2. The fourth-order valence-corrected chi connectivity index (χ4v) is 3.39. The van der Waals surface area contributed by atoms with Gasteiger partial charge in [-0.2, -0.15) is 0 Å². The first-order valence-corrected chi connectivity index (χ1v) is 9.98. The largest absolute Gasteiger partial charge is 0.496 e. The summed E-state index contributed by atoms with van der Waals surface area (Å²) in [5.74, 6) is 1.35. The minimum Gasteiger partial charge on any atom is -0.496 e. The zero-order valence-electron chi connectivity index (χ0n) is 17.6. The maximum atomic E-state index is 13.2. The molecule has 0 fully saturated rings. The summed E-state index contributed by atoms with van der Waals surface area (Å²) < 4.78 is 10.8. The topological polar surface area (TPSA) is 59.6 Å². The van der Waals surface area contributed by atoms with Crippen molar-refractivity contribution in [3.8, 4) is 11.5 Å². The lowest BCUT2D eigenvalue weighted by Gasteiger charge is -2.20. The molecule has 5 heteroatoms. The number of ether oxygens (including phenoxy) is 2. The van der Waals surface area contributed by atoms with E-state index in [1.54, 1.807) is 14.2 Å². The van der Waals surface area contributed by atoms with E-state index in [-0.39, 0.29) is 5.91 Å². The van der Waals surface area contributed by atoms with Crippen LogP contribution in [-0.2, 0) is 11.2 Å². The molecule has 1 amide bonds. The van der Waals surface area contributed by atoms with E-state index < -0.39 is 6.04 Å². The van der Waals surface area contributed by atoms with E-state index in [2.05, 4.69) is 10.6 Å². The highest BCUT2D eigenvalue weighted by Gasteiger charge is 2.21. The number of amides is 1. The number of anilines is 1. The predicted molar refractivity (Wildman–Crippen MR) is 120 cm³/mol. The van der Waals surface area contributed by atoms with E-state index in [1.165, 1.54) is 0 Å². The Hall–Kier alpha value is -3.31. The Morgan fingerprint density at radius 3 is 2.33 bits per heavy atom. The molecule has 0 aliphatic heterocycles. The lowest BCUT2D eigenvalue weighted by atomic mass is 10.0. The Morgan fingerprint density at radius 2 is 1.60 bits per heavy atom. The molecule has 0 spiro atoms. The highest BCUT2D eigenvalue weighted by molar-refractivity contribution is 5.96. The van der Waals surface area contributed by atoms with Gasteiger partial charge in [-0.15, -0.1) is 0 Å². The second kappa shape index (κ2) is 10.5. The van der Waals surface area contributed by atoms with Gasteiger partial charge in [0.05, 0.1) is 19.9 Å². The third kappa shape index (κ3) is 5.39. The fraction of sp³-hybridized carbons (Fsp3) is 0.240. The summed E-state index contributed by atoms with van der Waals surface area (Å²) in [6, 6.07) is 22.9. The zero-order chi connectivity index (χ0) is 21.3. The molecule has 0 radical (unpaired) electrons. The van der Waals surface area contributed by atoms with Crippen LogP contribution in [-0.4, -0.2) is 26.7 Å². The van der Waals surface area contributed by atoms with Gasteiger partial charge in [-0.3, -0.25) is 4.79 Å². The van der Waals surface area contributed by atoms with Gasteiger partial charge in [-0.1, -0.05) is 54.6 Å². The molecule has 0 heterocycles. The molecule has 30 heavy (non-hydrogen) atoms. The average molecular weight is 405 g/mol. The van der Waals surface area contributed by atoms with Gasteiger partial charge in [-0.25, -0.2) is 0 Å². The van der Waals surface area contributed by atoms with Crippen LogP contribution in [0.15, 0.2) is 72.8 Å². The second-order valence-electron chi connectivity index (χ2n) is 7.05. The minimum atomic E-state index is -0.494. The van der Waals surface area contributed by atoms with Crippen molar-refractivity contribution < 1.29 is 14.3 Å². The van der Waals surface area contributed by atoms with Gasteiger partial charge in [0.2, 0.25) is 5.91 Å². The first-order valence-electron chi connectivity index (χ1n) is 9.98. The van der Waals surface area contributed by atoms with Gasteiger partial charge in [0.15, 0.2) is 0 Å². The van der Waals surface area contributed by atoms with Crippen molar-refractivity contribution in [3.63, 3.8) is 0 Å². The molecular weight excluding hydrogens is 376 g/mol. The molecule has 0 aromatic heterocycles. The van der Waals surface area contributed by atoms with Crippen LogP contribution in [0.5, 0.6) is 11.5 Å². The molecule has 3 rings (SSSR count). The van der Waals surface area contributed by atoms with Gasteiger partial charge in [0, 0.05) is 6.54 Å². The summed E-state index contributed by atoms with van der Waals surface area (Å²) in [4.78, 5) is 13.2. The number of hydrogen-bond donors (Lipinski definition) is 2. The van der Waals surface area contributed by atoms with Crippen molar-refractivity contribution in [1.82, 2.24) is 5.32 Å². The molecule has 0 aliphatic rings. The van der Waals surface area contributed by atoms with Crippen molar-refractivity contribution >= 4 is 11.6 Å². The van der Waals surface area contributed by atoms with E-state index in [0.717, 1.165) is 28.9 Å². The van der Waals surface area contributed by atoms with E-state index in [4.69, 9.17) is 9.47 Å². The maximum Gasteiger partial charge on any atom is 0.246 e. The van der Waals surface area contributed by atoms with Crippen LogP contribution < -0.4 is 20.1 Å². The highest BCUT2D eigenvalue weighted by Crippen LogP contribution is 2.27. The van der Waals surface area contributed by atoms with E-state index in [0.29, 0.717) is 18.0 Å². The lowest BCUT2D eigenvalue weighted by molar-refractivity contribution is -0.118. The molecular formula is C25H28N2O3. The number of methoxy groups -OCH3 is 2. The van der Waals surface area contributed by atoms with Crippen molar-refractivity contribution in [1.29, 1.82) is 0 Å². The normalized spacial score (nSPS) is 11.6.